The third-order valence-electron chi connectivity index (χ3n) is 4.69. The minimum Gasteiger partial charge on any atom is -0.489 e. The summed E-state index contributed by atoms with van der Waals surface area (Å²) in [6.07, 6.45) is 2.63. The molecule has 1 aliphatic rings. The highest BCUT2D eigenvalue weighted by Crippen LogP contribution is 2.26. The van der Waals surface area contributed by atoms with Crippen LogP contribution in [0.3, 0.4) is 0 Å². The van der Waals surface area contributed by atoms with Gasteiger partial charge in [-0.1, -0.05) is 45.2 Å². The molecule has 158 valence electrons. The zero-order chi connectivity index (χ0) is 19.9. The fourth-order valence-electron chi connectivity index (χ4n) is 3.18. The smallest absolute Gasteiger partial charge is 0.222 e. The summed E-state index contributed by atoms with van der Waals surface area (Å²) in [4.78, 5) is 13.6. The van der Waals surface area contributed by atoms with Crippen LogP contribution in [0.1, 0.15) is 30.4 Å². The van der Waals surface area contributed by atoms with Crippen molar-refractivity contribution in [1.29, 1.82) is 0 Å². The van der Waals surface area contributed by atoms with Crippen LogP contribution in [0.15, 0.2) is 40.9 Å². The Labute approximate surface area is 196 Å². The fourth-order valence-corrected chi connectivity index (χ4v) is 4.05. The predicted molar refractivity (Wildman–Crippen MR) is 124 cm³/mol. The van der Waals surface area contributed by atoms with E-state index >= 15 is 0 Å². The Morgan fingerprint density at radius 3 is 2.69 bits per heavy atom. The van der Waals surface area contributed by atoms with Gasteiger partial charge < -0.3 is 15.0 Å². The first kappa shape index (κ1) is 24.3. The average molecular weight is 523 g/mol. The molecule has 1 aliphatic heterocycles. The van der Waals surface area contributed by atoms with Crippen LogP contribution in [-0.4, -0.2) is 30.4 Å². The summed E-state index contributed by atoms with van der Waals surface area (Å²) in [6.45, 7) is 3.63. The summed E-state index contributed by atoms with van der Waals surface area (Å²) in [5.74, 6) is 1.10. The molecule has 0 radical (unpaired) electrons. The van der Waals surface area contributed by atoms with Crippen LogP contribution in [0, 0.1) is 0 Å². The number of amides is 1. The standard InChI is InChI=1S/C21H23BrCl2N2O2.ClH/c22-17-5-7-20(28-14-15-4-6-18(23)12-19(15)24)16(11-17)13-25-8-2-10-26-9-1-3-21(26)27;/h4-7,11-12,25H,1-3,8-10,13-14H2;1H. The minimum atomic E-state index is 0. The molecule has 1 heterocycles. The monoisotopic (exact) mass is 520 g/mol. The van der Waals surface area contributed by atoms with E-state index in [1.54, 1.807) is 12.1 Å². The van der Waals surface area contributed by atoms with Crippen molar-refractivity contribution in [2.24, 2.45) is 0 Å². The summed E-state index contributed by atoms with van der Waals surface area (Å²) in [7, 11) is 0. The predicted octanol–water partition coefficient (Wildman–Crippen LogP) is 5.86. The maximum atomic E-state index is 11.6. The summed E-state index contributed by atoms with van der Waals surface area (Å²) >= 11 is 15.7. The Bertz CT molecular complexity index is 836. The Hall–Kier alpha value is -0.980. The quantitative estimate of drug-likeness (QED) is 0.420. The van der Waals surface area contributed by atoms with E-state index in [4.69, 9.17) is 27.9 Å². The summed E-state index contributed by atoms with van der Waals surface area (Å²) in [5, 5.41) is 4.65. The summed E-state index contributed by atoms with van der Waals surface area (Å²) in [6, 6.07) is 11.4. The number of benzene rings is 2. The third-order valence-corrected chi connectivity index (χ3v) is 5.77. The van der Waals surface area contributed by atoms with Gasteiger partial charge in [-0.3, -0.25) is 4.79 Å². The second kappa shape index (κ2) is 12.0. The maximum Gasteiger partial charge on any atom is 0.222 e. The molecule has 2 aromatic carbocycles. The zero-order valence-corrected chi connectivity index (χ0v) is 19.8. The van der Waals surface area contributed by atoms with Crippen LogP contribution in [0.2, 0.25) is 10.0 Å². The van der Waals surface area contributed by atoms with E-state index in [2.05, 4.69) is 27.3 Å². The van der Waals surface area contributed by atoms with Gasteiger partial charge in [0.05, 0.1) is 0 Å². The maximum absolute atomic E-state index is 11.6. The molecule has 2 aromatic rings. The van der Waals surface area contributed by atoms with E-state index in [1.165, 1.54) is 0 Å². The van der Waals surface area contributed by atoms with Crippen molar-refractivity contribution in [3.05, 3.63) is 62.0 Å². The molecule has 0 bridgehead atoms. The number of hydrogen-bond donors (Lipinski definition) is 1. The average Bonchev–Trinajstić information content (AvgIpc) is 3.07. The number of likely N-dealkylation sites (tertiary alicyclic amines) is 1. The van der Waals surface area contributed by atoms with Crippen molar-refractivity contribution in [2.75, 3.05) is 19.6 Å². The second-order valence-corrected chi connectivity index (χ2v) is 8.55. The Morgan fingerprint density at radius 1 is 1.14 bits per heavy atom. The molecule has 1 N–H and O–H groups in total. The van der Waals surface area contributed by atoms with Gasteiger partial charge in [-0.2, -0.15) is 0 Å². The Morgan fingerprint density at radius 2 is 1.97 bits per heavy atom. The lowest BCUT2D eigenvalue weighted by Gasteiger charge is -2.16. The Kier molecular flexibility index (Phi) is 10.1. The first-order valence-corrected chi connectivity index (χ1v) is 10.9. The third kappa shape index (κ3) is 7.34. The van der Waals surface area contributed by atoms with Crippen LogP contribution < -0.4 is 10.1 Å². The molecule has 3 rings (SSSR count). The molecule has 1 fully saturated rings. The van der Waals surface area contributed by atoms with Gasteiger partial charge in [0, 0.05) is 51.7 Å². The van der Waals surface area contributed by atoms with Gasteiger partial charge in [0.1, 0.15) is 12.4 Å². The van der Waals surface area contributed by atoms with Crippen molar-refractivity contribution >= 4 is 57.4 Å². The first-order chi connectivity index (χ1) is 13.5. The number of hydrogen-bond acceptors (Lipinski definition) is 3. The van der Waals surface area contributed by atoms with Gasteiger partial charge in [-0.25, -0.2) is 0 Å². The fraction of sp³-hybridized carbons (Fsp3) is 0.381. The van der Waals surface area contributed by atoms with E-state index in [0.29, 0.717) is 29.6 Å². The van der Waals surface area contributed by atoms with E-state index in [1.807, 2.05) is 23.1 Å². The topological polar surface area (TPSA) is 41.6 Å². The lowest BCUT2D eigenvalue weighted by molar-refractivity contribution is -0.127. The van der Waals surface area contributed by atoms with Crippen molar-refractivity contribution in [3.8, 4) is 5.75 Å². The van der Waals surface area contributed by atoms with E-state index < -0.39 is 0 Å². The van der Waals surface area contributed by atoms with Crippen molar-refractivity contribution in [2.45, 2.75) is 32.4 Å². The molecule has 0 saturated carbocycles. The number of ether oxygens (including phenoxy) is 1. The van der Waals surface area contributed by atoms with Gasteiger partial charge in [0.25, 0.3) is 0 Å². The van der Waals surface area contributed by atoms with Gasteiger partial charge in [-0.05, 0) is 49.7 Å². The molecule has 4 nitrogen and oxygen atoms in total. The number of nitrogens with zero attached hydrogens (tertiary/aromatic N) is 1. The molecule has 29 heavy (non-hydrogen) atoms. The van der Waals surface area contributed by atoms with Gasteiger partial charge in [-0.15, -0.1) is 12.4 Å². The van der Waals surface area contributed by atoms with Crippen LogP contribution in [0.4, 0.5) is 0 Å². The number of nitrogens with one attached hydrogen (secondary N) is 1. The molecular formula is C21H24BrCl3N2O2. The number of halogens is 4. The van der Waals surface area contributed by atoms with Crippen molar-refractivity contribution in [1.82, 2.24) is 10.2 Å². The SMILES string of the molecule is Cl.O=C1CCCN1CCCNCc1cc(Br)ccc1OCc1ccc(Cl)cc1Cl. The highest BCUT2D eigenvalue weighted by Gasteiger charge is 2.18. The van der Waals surface area contributed by atoms with E-state index in [0.717, 1.165) is 53.8 Å². The van der Waals surface area contributed by atoms with Crippen LogP contribution >= 0.6 is 51.5 Å². The molecule has 0 aromatic heterocycles. The van der Waals surface area contributed by atoms with Crippen LogP contribution in [-0.2, 0) is 17.9 Å². The summed E-state index contributed by atoms with van der Waals surface area (Å²) in [5.41, 5.74) is 1.96. The molecule has 1 saturated heterocycles. The highest BCUT2D eigenvalue weighted by atomic mass is 79.9. The largest absolute Gasteiger partial charge is 0.489 e. The molecule has 0 spiro atoms. The molecule has 0 atom stereocenters. The molecule has 0 unspecified atom stereocenters. The number of rotatable bonds is 9. The zero-order valence-electron chi connectivity index (χ0n) is 15.9. The Balaban J connectivity index is 0.00000300. The van der Waals surface area contributed by atoms with Crippen molar-refractivity contribution in [3.63, 3.8) is 0 Å². The van der Waals surface area contributed by atoms with E-state index in [-0.39, 0.29) is 18.3 Å². The lowest BCUT2D eigenvalue weighted by atomic mass is 10.2. The normalized spacial score (nSPS) is 13.5. The molecule has 0 aliphatic carbocycles. The lowest BCUT2D eigenvalue weighted by Crippen LogP contribution is -2.28. The molecule has 1 amide bonds. The van der Waals surface area contributed by atoms with Gasteiger partial charge in [0.2, 0.25) is 5.91 Å². The van der Waals surface area contributed by atoms with Crippen molar-refractivity contribution < 1.29 is 9.53 Å². The van der Waals surface area contributed by atoms with Crippen LogP contribution in [0.25, 0.3) is 0 Å². The first-order valence-electron chi connectivity index (χ1n) is 9.36. The van der Waals surface area contributed by atoms with Gasteiger partial charge >= 0.3 is 0 Å². The minimum absolute atomic E-state index is 0. The summed E-state index contributed by atoms with van der Waals surface area (Å²) < 4.78 is 7.01. The number of carbonyl (C=O) groups is 1. The molecular weight excluding hydrogens is 499 g/mol. The highest BCUT2D eigenvalue weighted by molar-refractivity contribution is 9.10. The van der Waals surface area contributed by atoms with E-state index in [9.17, 15) is 4.79 Å². The van der Waals surface area contributed by atoms with Gasteiger partial charge in [0.15, 0.2) is 0 Å². The second-order valence-electron chi connectivity index (χ2n) is 6.79. The number of carbonyl (C=O) groups excluding carboxylic acids is 1. The molecule has 8 heteroatoms. The van der Waals surface area contributed by atoms with Crippen LogP contribution in [0.5, 0.6) is 5.75 Å².